The van der Waals surface area contributed by atoms with Gasteiger partial charge in [0.2, 0.25) is 5.60 Å². The maximum absolute atomic E-state index is 12.2. The van der Waals surface area contributed by atoms with Gasteiger partial charge in [0, 0.05) is 17.8 Å². The highest BCUT2D eigenvalue weighted by atomic mass is 35.5. The fourth-order valence-corrected chi connectivity index (χ4v) is 2.72. The number of carbonyl (C=O) groups excluding carboxylic acids is 1. The van der Waals surface area contributed by atoms with Crippen LogP contribution >= 0.6 is 11.6 Å². The summed E-state index contributed by atoms with van der Waals surface area (Å²) in [6, 6.07) is 7.01. The normalized spacial score (nSPS) is 21.3. The van der Waals surface area contributed by atoms with Crippen molar-refractivity contribution in [3.8, 4) is 0 Å². The van der Waals surface area contributed by atoms with Crippen LogP contribution in [0.15, 0.2) is 30.5 Å². The maximum atomic E-state index is 12.2. The first-order chi connectivity index (χ1) is 9.09. The van der Waals surface area contributed by atoms with Crippen molar-refractivity contribution in [3.05, 3.63) is 46.7 Å². The number of amides is 1. The molecule has 98 valence electrons. The standard InChI is InChI=1S/C13H12ClN3O2/c1-2-17-11(9(14)7-15-17)13(19)8-5-3-4-6-10(8)16-12(13)18/h3-7,19H,2H2,1H3,(H,16,18). The van der Waals surface area contributed by atoms with Crippen LogP contribution in [0.4, 0.5) is 5.69 Å². The molecule has 1 atom stereocenters. The molecule has 0 saturated heterocycles. The van der Waals surface area contributed by atoms with Crippen LogP contribution in [0.5, 0.6) is 0 Å². The summed E-state index contributed by atoms with van der Waals surface area (Å²) in [6.07, 6.45) is 1.44. The molecular weight excluding hydrogens is 266 g/mol. The summed E-state index contributed by atoms with van der Waals surface area (Å²) in [4.78, 5) is 12.2. The van der Waals surface area contributed by atoms with Crippen LogP contribution in [0, 0.1) is 0 Å². The molecule has 2 N–H and O–H groups in total. The fraction of sp³-hybridized carbons (Fsp3) is 0.231. The van der Waals surface area contributed by atoms with Crippen molar-refractivity contribution in [1.29, 1.82) is 0 Å². The number of nitrogens with zero attached hydrogens (tertiary/aromatic N) is 2. The Morgan fingerprint density at radius 1 is 1.47 bits per heavy atom. The summed E-state index contributed by atoms with van der Waals surface area (Å²) in [5.74, 6) is -0.509. The second kappa shape index (κ2) is 4.08. The van der Waals surface area contributed by atoms with Gasteiger partial charge in [-0.15, -0.1) is 0 Å². The second-order valence-corrected chi connectivity index (χ2v) is 4.77. The van der Waals surface area contributed by atoms with Crippen molar-refractivity contribution in [1.82, 2.24) is 9.78 Å². The Morgan fingerprint density at radius 2 is 2.21 bits per heavy atom. The number of aromatic nitrogens is 2. The highest BCUT2D eigenvalue weighted by molar-refractivity contribution is 6.31. The number of benzene rings is 1. The molecular formula is C13H12ClN3O2. The minimum atomic E-state index is -1.79. The number of carbonyl (C=O) groups is 1. The van der Waals surface area contributed by atoms with Gasteiger partial charge in [0.1, 0.15) is 5.69 Å². The summed E-state index contributed by atoms with van der Waals surface area (Å²) in [5, 5.41) is 17.9. The van der Waals surface area contributed by atoms with Crippen molar-refractivity contribution in [2.75, 3.05) is 5.32 Å². The summed E-state index contributed by atoms with van der Waals surface area (Å²) in [5.41, 5.74) is -0.397. The van der Waals surface area contributed by atoms with Crippen LogP contribution in [0.2, 0.25) is 5.02 Å². The number of anilines is 1. The number of fused-ring (bicyclic) bond motifs is 1. The molecule has 1 unspecified atom stereocenters. The van der Waals surface area contributed by atoms with E-state index in [2.05, 4.69) is 10.4 Å². The summed E-state index contributed by atoms with van der Waals surface area (Å²) < 4.78 is 1.53. The highest BCUT2D eigenvalue weighted by Crippen LogP contribution is 2.42. The second-order valence-electron chi connectivity index (χ2n) is 4.37. The summed E-state index contributed by atoms with van der Waals surface area (Å²) in [6.45, 7) is 2.38. The van der Waals surface area contributed by atoms with Crippen molar-refractivity contribution in [2.24, 2.45) is 0 Å². The van der Waals surface area contributed by atoms with E-state index in [1.165, 1.54) is 10.9 Å². The molecule has 0 fully saturated rings. The van der Waals surface area contributed by atoms with Gasteiger partial charge in [0.15, 0.2) is 0 Å². The molecule has 3 rings (SSSR count). The molecule has 1 aromatic carbocycles. The smallest absolute Gasteiger partial charge is 0.267 e. The third-order valence-corrected chi connectivity index (χ3v) is 3.61. The molecule has 0 radical (unpaired) electrons. The van der Waals surface area contributed by atoms with Crippen molar-refractivity contribution < 1.29 is 9.90 Å². The van der Waals surface area contributed by atoms with Gasteiger partial charge in [-0.2, -0.15) is 5.10 Å². The summed E-state index contributed by atoms with van der Waals surface area (Å²) in [7, 11) is 0. The van der Waals surface area contributed by atoms with E-state index in [1.54, 1.807) is 24.3 Å². The molecule has 0 aliphatic carbocycles. The zero-order chi connectivity index (χ0) is 13.6. The van der Waals surface area contributed by atoms with E-state index >= 15 is 0 Å². The van der Waals surface area contributed by atoms with E-state index in [-0.39, 0.29) is 5.02 Å². The van der Waals surface area contributed by atoms with Gasteiger partial charge in [0.25, 0.3) is 5.91 Å². The molecule has 1 aliphatic rings. The summed E-state index contributed by atoms with van der Waals surface area (Å²) >= 11 is 6.10. The number of aliphatic hydroxyl groups is 1. The van der Waals surface area contributed by atoms with Gasteiger partial charge in [-0.05, 0) is 13.0 Å². The molecule has 6 heteroatoms. The number of hydrogen-bond donors (Lipinski definition) is 2. The van der Waals surface area contributed by atoms with E-state index < -0.39 is 11.5 Å². The minimum absolute atomic E-state index is 0.274. The third kappa shape index (κ3) is 1.52. The molecule has 0 saturated carbocycles. The van der Waals surface area contributed by atoms with Gasteiger partial charge in [0.05, 0.1) is 11.2 Å². The molecule has 2 heterocycles. The molecule has 1 aliphatic heterocycles. The van der Waals surface area contributed by atoms with Gasteiger partial charge >= 0.3 is 0 Å². The quantitative estimate of drug-likeness (QED) is 0.879. The fourth-order valence-electron chi connectivity index (χ4n) is 2.44. The Balaban J connectivity index is 2.28. The molecule has 0 bridgehead atoms. The van der Waals surface area contributed by atoms with Gasteiger partial charge in [-0.1, -0.05) is 29.8 Å². The SMILES string of the molecule is CCn1ncc(Cl)c1C1(O)C(=O)Nc2ccccc21. The zero-order valence-corrected chi connectivity index (χ0v) is 11.0. The van der Waals surface area contributed by atoms with E-state index in [9.17, 15) is 9.90 Å². The average molecular weight is 278 g/mol. The highest BCUT2D eigenvalue weighted by Gasteiger charge is 2.50. The monoisotopic (exact) mass is 277 g/mol. The third-order valence-electron chi connectivity index (χ3n) is 3.33. The van der Waals surface area contributed by atoms with Crippen LogP contribution in [-0.4, -0.2) is 20.8 Å². The Hall–Kier alpha value is -1.85. The Kier molecular flexibility index (Phi) is 2.62. The first-order valence-corrected chi connectivity index (χ1v) is 6.32. The lowest BCUT2D eigenvalue weighted by atomic mass is 9.91. The molecule has 1 amide bonds. The molecule has 19 heavy (non-hydrogen) atoms. The molecule has 1 aromatic heterocycles. The van der Waals surface area contributed by atoms with Crippen LogP contribution in [-0.2, 0) is 16.9 Å². The Bertz CT molecular complexity index is 668. The van der Waals surface area contributed by atoms with Crippen LogP contribution in [0.1, 0.15) is 18.2 Å². The van der Waals surface area contributed by atoms with E-state index in [0.717, 1.165) is 0 Å². The van der Waals surface area contributed by atoms with Crippen LogP contribution < -0.4 is 5.32 Å². The largest absolute Gasteiger partial charge is 0.370 e. The average Bonchev–Trinajstić information content (AvgIpc) is 2.90. The van der Waals surface area contributed by atoms with Crippen molar-refractivity contribution in [2.45, 2.75) is 19.1 Å². The Morgan fingerprint density at radius 3 is 2.95 bits per heavy atom. The lowest BCUT2D eigenvalue weighted by Gasteiger charge is -2.22. The Labute approximate surface area is 114 Å². The maximum Gasteiger partial charge on any atom is 0.267 e. The van der Waals surface area contributed by atoms with E-state index in [4.69, 9.17) is 11.6 Å². The minimum Gasteiger partial charge on any atom is -0.370 e. The van der Waals surface area contributed by atoms with Crippen molar-refractivity contribution >= 4 is 23.2 Å². The van der Waals surface area contributed by atoms with Crippen molar-refractivity contribution in [3.63, 3.8) is 0 Å². The predicted molar refractivity (Wildman–Crippen MR) is 71.0 cm³/mol. The molecule has 0 spiro atoms. The van der Waals surface area contributed by atoms with Gasteiger partial charge in [-0.3, -0.25) is 9.48 Å². The first-order valence-electron chi connectivity index (χ1n) is 5.94. The predicted octanol–water partition coefficient (Wildman–Crippen LogP) is 1.74. The number of hydrogen-bond acceptors (Lipinski definition) is 3. The van der Waals surface area contributed by atoms with Crippen LogP contribution in [0.25, 0.3) is 0 Å². The number of aryl methyl sites for hydroxylation is 1. The molecule has 2 aromatic rings. The van der Waals surface area contributed by atoms with E-state index in [0.29, 0.717) is 23.5 Å². The van der Waals surface area contributed by atoms with E-state index in [1.807, 2.05) is 6.92 Å². The number of nitrogens with one attached hydrogen (secondary N) is 1. The number of halogens is 1. The molecule has 5 nitrogen and oxygen atoms in total. The topological polar surface area (TPSA) is 67.1 Å². The van der Waals surface area contributed by atoms with Gasteiger partial charge < -0.3 is 10.4 Å². The lowest BCUT2D eigenvalue weighted by molar-refractivity contribution is -0.130. The first kappa shape index (κ1) is 12.2. The zero-order valence-electron chi connectivity index (χ0n) is 10.2. The lowest BCUT2D eigenvalue weighted by Crippen LogP contribution is -2.38. The number of rotatable bonds is 2. The van der Waals surface area contributed by atoms with Crippen LogP contribution in [0.3, 0.4) is 0 Å². The number of para-hydroxylation sites is 1. The van der Waals surface area contributed by atoms with Gasteiger partial charge in [-0.25, -0.2) is 0 Å².